The van der Waals surface area contributed by atoms with Crippen LogP contribution in [0.3, 0.4) is 0 Å². The van der Waals surface area contributed by atoms with Gasteiger partial charge in [-0.2, -0.15) is 0 Å². The molecular formula is C17H27N3O. The van der Waals surface area contributed by atoms with Crippen molar-refractivity contribution in [1.29, 1.82) is 0 Å². The summed E-state index contributed by atoms with van der Waals surface area (Å²) in [6, 6.07) is 6.34. The van der Waals surface area contributed by atoms with Gasteiger partial charge < -0.3 is 9.64 Å². The summed E-state index contributed by atoms with van der Waals surface area (Å²) in [6.45, 7) is 9.97. The van der Waals surface area contributed by atoms with Gasteiger partial charge in [-0.1, -0.05) is 6.07 Å². The van der Waals surface area contributed by atoms with Crippen molar-refractivity contribution in [3.63, 3.8) is 0 Å². The second kappa shape index (κ2) is 6.86. The van der Waals surface area contributed by atoms with E-state index in [0.29, 0.717) is 0 Å². The molecule has 21 heavy (non-hydrogen) atoms. The molecule has 0 unspecified atom stereocenters. The molecule has 0 radical (unpaired) electrons. The molecule has 0 spiro atoms. The topological polar surface area (TPSA) is 28.6 Å². The molecule has 0 aromatic carbocycles. The lowest BCUT2D eigenvalue weighted by Crippen LogP contribution is -2.41. The molecule has 0 saturated carbocycles. The molecule has 2 atom stereocenters. The Morgan fingerprint density at radius 2 is 2.00 bits per heavy atom. The van der Waals surface area contributed by atoms with E-state index >= 15 is 0 Å². The van der Waals surface area contributed by atoms with E-state index < -0.39 is 0 Å². The van der Waals surface area contributed by atoms with Gasteiger partial charge in [0.1, 0.15) is 0 Å². The Balaban J connectivity index is 1.53. The maximum absolute atomic E-state index is 5.21. The molecule has 0 amide bonds. The van der Waals surface area contributed by atoms with E-state index in [1.54, 1.807) is 7.11 Å². The summed E-state index contributed by atoms with van der Waals surface area (Å²) in [5.41, 5.74) is 2.33. The number of aromatic nitrogens is 1. The third kappa shape index (κ3) is 3.82. The van der Waals surface area contributed by atoms with Gasteiger partial charge in [-0.3, -0.25) is 9.88 Å². The molecule has 0 aliphatic carbocycles. The van der Waals surface area contributed by atoms with Crippen molar-refractivity contribution < 1.29 is 4.74 Å². The number of methoxy groups -OCH3 is 1. The maximum Gasteiger partial charge on any atom is 0.0589 e. The van der Waals surface area contributed by atoms with Gasteiger partial charge in [-0.25, -0.2) is 0 Å². The van der Waals surface area contributed by atoms with E-state index in [-0.39, 0.29) is 0 Å². The highest BCUT2D eigenvalue weighted by molar-refractivity contribution is 5.10. The number of aryl methyl sites for hydroxylation is 1. The number of ether oxygens (including phenoxy) is 1. The largest absolute Gasteiger partial charge is 0.383 e. The van der Waals surface area contributed by atoms with Crippen LogP contribution in [0.5, 0.6) is 0 Å². The van der Waals surface area contributed by atoms with Crippen LogP contribution in [0.4, 0.5) is 0 Å². The summed E-state index contributed by atoms with van der Waals surface area (Å²) in [6.07, 6.45) is 1.34. The zero-order valence-electron chi connectivity index (χ0n) is 13.3. The summed E-state index contributed by atoms with van der Waals surface area (Å²) in [5.74, 6) is 1.72. The Morgan fingerprint density at radius 3 is 2.81 bits per heavy atom. The first-order valence-corrected chi connectivity index (χ1v) is 8.11. The smallest absolute Gasteiger partial charge is 0.0589 e. The number of pyridine rings is 1. The van der Waals surface area contributed by atoms with Crippen LogP contribution in [0.15, 0.2) is 18.2 Å². The number of fused-ring (bicyclic) bond motifs is 1. The quantitative estimate of drug-likeness (QED) is 0.826. The predicted molar refractivity (Wildman–Crippen MR) is 84.2 cm³/mol. The molecule has 4 heteroatoms. The highest BCUT2D eigenvalue weighted by Crippen LogP contribution is 2.31. The number of hydrogen-bond donors (Lipinski definition) is 0. The minimum atomic E-state index is 0.834. The first-order chi connectivity index (χ1) is 10.2. The summed E-state index contributed by atoms with van der Waals surface area (Å²) in [5, 5.41) is 0. The molecule has 1 aromatic heterocycles. The van der Waals surface area contributed by atoms with E-state index in [1.165, 1.54) is 38.3 Å². The summed E-state index contributed by atoms with van der Waals surface area (Å²) < 4.78 is 5.21. The average Bonchev–Trinajstić information content (AvgIpc) is 2.86. The Kier molecular flexibility index (Phi) is 4.88. The van der Waals surface area contributed by atoms with Crippen molar-refractivity contribution in [1.82, 2.24) is 14.8 Å². The molecule has 2 saturated heterocycles. The molecule has 1 aromatic rings. The molecular weight excluding hydrogens is 262 g/mol. The number of hydrogen-bond acceptors (Lipinski definition) is 4. The third-order valence-corrected chi connectivity index (χ3v) is 4.90. The molecule has 4 nitrogen and oxygen atoms in total. The van der Waals surface area contributed by atoms with Gasteiger partial charge in [0.25, 0.3) is 0 Å². The normalized spacial score (nSPS) is 27.0. The Labute approximate surface area is 128 Å². The van der Waals surface area contributed by atoms with Gasteiger partial charge in [0.2, 0.25) is 0 Å². The fourth-order valence-electron chi connectivity index (χ4n) is 3.81. The van der Waals surface area contributed by atoms with Crippen LogP contribution in [-0.4, -0.2) is 61.2 Å². The fraction of sp³-hybridized carbons (Fsp3) is 0.706. The molecule has 3 heterocycles. The average molecular weight is 289 g/mol. The van der Waals surface area contributed by atoms with Crippen molar-refractivity contribution in [2.75, 3.05) is 46.4 Å². The minimum absolute atomic E-state index is 0.834. The molecule has 0 N–H and O–H groups in total. The molecule has 116 valence electrons. The zero-order valence-corrected chi connectivity index (χ0v) is 13.3. The lowest BCUT2D eigenvalue weighted by atomic mass is 9.89. The Bertz CT molecular complexity index is 465. The standard InChI is InChI=1S/C17H27N3O/c1-14-4-3-5-17(18-14)13-20-10-15-6-7-19(8-9-21-2)11-16(15)12-20/h3-5,15-16H,6-13H2,1-2H3/t15-,16+/m1/s1. The first-order valence-electron chi connectivity index (χ1n) is 8.11. The molecule has 0 bridgehead atoms. The van der Waals surface area contributed by atoms with Gasteiger partial charge >= 0.3 is 0 Å². The van der Waals surface area contributed by atoms with E-state index in [0.717, 1.165) is 37.2 Å². The number of piperidine rings is 1. The zero-order chi connectivity index (χ0) is 14.7. The van der Waals surface area contributed by atoms with Crippen molar-refractivity contribution >= 4 is 0 Å². The van der Waals surface area contributed by atoms with Crippen LogP contribution in [-0.2, 0) is 11.3 Å². The summed E-state index contributed by atoms with van der Waals surface area (Å²) in [7, 11) is 1.79. The summed E-state index contributed by atoms with van der Waals surface area (Å²) in [4.78, 5) is 9.80. The van der Waals surface area contributed by atoms with Crippen LogP contribution < -0.4 is 0 Å². The SMILES string of the molecule is COCCN1CC[C@@H]2CN(Cc3cccc(C)n3)C[C@@H]2C1. The summed E-state index contributed by atoms with van der Waals surface area (Å²) >= 11 is 0. The highest BCUT2D eigenvalue weighted by Gasteiger charge is 2.36. The Morgan fingerprint density at radius 1 is 1.19 bits per heavy atom. The van der Waals surface area contributed by atoms with Crippen LogP contribution in [0.2, 0.25) is 0 Å². The van der Waals surface area contributed by atoms with E-state index in [2.05, 4.69) is 39.9 Å². The Hall–Kier alpha value is -0.970. The number of rotatable bonds is 5. The van der Waals surface area contributed by atoms with Crippen molar-refractivity contribution in [3.8, 4) is 0 Å². The maximum atomic E-state index is 5.21. The third-order valence-electron chi connectivity index (χ3n) is 4.90. The highest BCUT2D eigenvalue weighted by atomic mass is 16.5. The van der Waals surface area contributed by atoms with Gasteiger partial charge in [0.05, 0.1) is 12.3 Å². The van der Waals surface area contributed by atoms with Gasteiger partial charge in [-0.15, -0.1) is 0 Å². The van der Waals surface area contributed by atoms with Gasteiger partial charge in [-0.05, 0) is 43.9 Å². The van der Waals surface area contributed by atoms with Crippen molar-refractivity contribution in [2.45, 2.75) is 19.9 Å². The monoisotopic (exact) mass is 289 g/mol. The molecule has 2 aliphatic rings. The number of nitrogens with zero attached hydrogens (tertiary/aromatic N) is 3. The lowest BCUT2D eigenvalue weighted by molar-refractivity contribution is 0.102. The van der Waals surface area contributed by atoms with Crippen LogP contribution >= 0.6 is 0 Å². The number of likely N-dealkylation sites (tertiary alicyclic amines) is 2. The molecule has 2 aliphatic heterocycles. The van der Waals surface area contributed by atoms with Crippen molar-refractivity contribution in [3.05, 3.63) is 29.6 Å². The predicted octanol–water partition coefficient (Wildman–Crippen LogP) is 1.79. The fourth-order valence-corrected chi connectivity index (χ4v) is 3.81. The van der Waals surface area contributed by atoms with Crippen LogP contribution in [0.1, 0.15) is 17.8 Å². The van der Waals surface area contributed by atoms with Gasteiger partial charge in [0.15, 0.2) is 0 Å². The first kappa shape index (κ1) is 14.9. The lowest BCUT2D eigenvalue weighted by Gasteiger charge is -2.34. The van der Waals surface area contributed by atoms with Crippen molar-refractivity contribution in [2.24, 2.45) is 11.8 Å². The second-order valence-electron chi connectivity index (χ2n) is 6.57. The molecule has 3 rings (SSSR count). The van der Waals surface area contributed by atoms with Crippen LogP contribution in [0.25, 0.3) is 0 Å². The van der Waals surface area contributed by atoms with Crippen LogP contribution in [0, 0.1) is 18.8 Å². The molecule has 2 fully saturated rings. The van der Waals surface area contributed by atoms with E-state index in [9.17, 15) is 0 Å². The second-order valence-corrected chi connectivity index (χ2v) is 6.57. The van der Waals surface area contributed by atoms with E-state index in [1.807, 2.05) is 0 Å². The van der Waals surface area contributed by atoms with E-state index in [4.69, 9.17) is 4.74 Å². The van der Waals surface area contributed by atoms with Gasteiger partial charge in [0, 0.05) is 45.5 Å². The minimum Gasteiger partial charge on any atom is -0.383 e.